The van der Waals surface area contributed by atoms with Gasteiger partial charge >= 0.3 is 8.25 Å². The van der Waals surface area contributed by atoms with Gasteiger partial charge in [-0.05, 0) is 22.3 Å². The quantitative estimate of drug-likeness (QED) is 0.690. The van der Waals surface area contributed by atoms with Crippen molar-refractivity contribution in [1.82, 2.24) is 0 Å². The number of hydrogen-bond donors (Lipinski definition) is 2. The van der Waals surface area contributed by atoms with Crippen LogP contribution in [0, 0.1) is 0 Å². The molecule has 4 heteroatoms. The molecule has 0 atom stereocenters. The van der Waals surface area contributed by atoms with E-state index in [1.807, 2.05) is 0 Å². The maximum atomic E-state index is 8.74. The van der Waals surface area contributed by atoms with Crippen LogP contribution in [0.2, 0.25) is 0 Å². The van der Waals surface area contributed by atoms with Gasteiger partial charge in [-0.1, -0.05) is 84.9 Å². The van der Waals surface area contributed by atoms with Crippen LogP contribution in [0.4, 0.5) is 0 Å². The maximum absolute atomic E-state index is 8.74. The van der Waals surface area contributed by atoms with Crippen LogP contribution in [-0.4, -0.2) is 9.79 Å². The summed E-state index contributed by atoms with van der Waals surface area (Å²) < 4.78 is 8.74. The summed E-state index contributed by atoms with van der Waals surface area (Å²) in [6.45, 7) is 0. The molecule has 0 saturated heterocycles. The lowest BCUT2D eigenvalue weighted by Crippen LogP contribution is -1.83. The van der Waals surface area contributed by atoms with Gasteiger partial charge in [0, 0.05) is 0 Å². The van der Waals surface area contributed by atoms with Gasteiger partial charge in [-0.25, -0.2) is 0 Å². The van der Waals surface area contributed by atoms with E-state index in [9.17, 15) is 0 Å². The van der Waals surface area contributed by atoms with Gasteiger partial charge in [0.2, 0.25) is 0 Å². The highest BCUT2D eigenvalue weighted by molar-refractivity contribution is 7.30. The minimum absolute atomic E-state index is 1.26. The van der Waals surface area contributed by atoms with E-state index >= 15 is 0 Å². The van der Waals surface area contributed by atoms with Crippen LogP contribution in [-0.2, 0) is 4.57 Å². The van der Waals surface area contributed by atoms with Crippen molar-refractivity contribution in [2.24, 2.45) is 0 Å². The Hall–Kier alpha value is -2.19. The molecule has 112 valence electrons. The van der Waals surface area contributed by atoms with Crippen molar-refractivity contribution in [3.8, 4) is 22.3 Å². The monoisotopic (exact) mass is 312 g/mol. The molecule has 0 aromatic heterocycles. The Bertz CT molecular complexity index is 665. The summed E-state index contributed by atoms with van der Waals surface area (Å²) in [4.78, 5) is 14.3. The van der Waals surface area contributed by atoms with Gasteiger partial charge in [0.15, 0.2) is 0 Å². The first-order valence-electron chi connectivity index (χ1n) is 6.80. The van der Waals surface area contributed by atoms with Gasteiger partial charge in [0.25, 0.3) is 0 Å². The molecule has 0 heterocycles. The van der Waals surface area contributed by atoms with Crippen LogP contribution in [0.5, 0.6) is 0 Å². The third kappa shape index (κ3) is 4.68. The van der Waals surface area contributed by atoms with E-state index in [4.69, 9.17) is 14.4 Å². The molecule has 3 rings (SSSR count). The van der Waals surface area contributed by atoms with Crippen LogP contribution in [0.15, 0.2) is 84.9 Å². The molecule has 0 saturated carbocycles. The second-order valence-electron chi connectivity index (χ2n) is 4.56. The van der Waals surface area contributed by atoms with Crippen LogP contribution < -0.4 is 0 Å². The molecule has 2 N–H and O–H groups in total. The predicted molar refractivity (Wildman–Crippen MR) is 90.8 cm³/mol. The Balaban J connectivity index is 0.000000396. The first-order valence-corrected chi connectivity index (χ1v) is 8.10. The van der Waals surface area contributed by atoms with E-state index in [1.165, 1.54) is 22.3 Å². The zero-order valence-corrected chi connectivity index (χ0v) is 12.9. The van der Waals surface area contributed by atoms with Gasteiger partial charge in [0.05, 0.1) is 0 Å². The van der Waals surface area contributed by atoms with Crippen molar-refractivity contribution in [2.75, 3.05) is 0 Å². The Morgan fingerprint density at radius 3 is 1.14 bits per heavy atom. The number of rotatable bonds is 2. The fourth-order valence-electron chi connectivity index (χ4n) is 2.22. The first kappa shape index (κ1) is 16.2. The van der Waals surface area contributed by atoms with Crippen molar-refractivity contribution < 1.29 is 14.4 Å². The zero-order valence-electron chi connectivity index (χ0n) is 11.9. The predicted octanol–water partition coefficient (Wildman–Crippen LogP) is 4.38. The lowest BCUT2D eigenvalue weighted by molar-refractivity contribution is 0.405. The molecule has 3 aromatic rings. The van der Waals surface area contributed by atoms with E-state index in [0.717, 1.165) is 0 Å². The summed E-state index contributed by atoms with van der Waals surface area (Å²) in [5.41, 5.74) is 5.09. The van der Waals surface area contributed by atoms with Crippen LogP contribution in [0.1, 0.15) is 0 Å². The van der Waals surface area contributed by atoms with Crippen LogP contribution in [0.25, 0.3) is 22.3 Å². The molecule has 3 aromatic carbocycles. The Kier molecular flexibility index (Phi) is 6.11. The Morgan fingerprint density at radius 1 is 0.545 bits per heavy atom. The van der Waals surface area contributed by atoms with Crippen molar-refractivity contribution in [3.05, 3.63) is 84.9 Å². The van der Waals surface area contributed by atoms with E-state index in [1.54, 1.807) is 0 Å². The van der Waals surface area contributed by atoms with Gasteiger partial charge in [-0.15, -0.1) is 0 Å². The van der Waals surface area contributed by atoms with E-state index in [2.05, 4.69) is 84.9 Å². The number of benzene rings is 3. The maximum Gasteiger partial charge on any atom is 0.314 e. The van der Waals surface area contributed by atoms with Crippen molar-refractivity contribution in [2.45, 2.75) is 0 Å². The third-order valence-corrected chi connectivity index (χ3v) is 3.10. The smallest absolute Gasteiger partial charge is 0.314 e. The summed E-state index contributed by atoms with van der Waals surface area (Å²) in [5, 5.41) is 0. The molecule has 0 aliphatic carbocycles. The van der Waals surface area contributed by atoms with Gasteiger partial charge in [0.1, 0.15) is 0 Å². The molecule has 3 nitrogen and oxygen atoms in total. The normalized spacial score (nSPS) is 9.95. The summed E-state index contributed by atoms with van der Waals surface area (Å²) in [5.74, 6) is 0. The molecule has 0 radical (unpaired) electrons. The third-order valence-electron chi connectivity index (χ3n) is 3.10. The second-order valence-corrected chi connectivity index (χ2v) is 5.13. The fraction of sp³-hybridized carbons (Fsp3) is 0. The lowest BCUT2D eigenvalue weighted by Gasteiger charge is -2.09. The highest BCUT2D eigenvalue weighted by Gasteiger charge is 2.05. The standard InChI is InChI=1S/C18H14.H3O3P/c1-3-9-15(10-4-1)17-13-7-8-14-18(17)16-11-5-2-6-12-16;1-4(2)3/h1-14H;4H,(H2,1,2,3). The number of hydrogen-bond acceptors (Lipinski definition) is 1. The highest BCUT2D eigenvalue weighted by Crippen LogP contribution is 2.31. The average Bonchev–Trinajstić information content (AvgIpc) is 2.56. The minimum atomic E-state index is -3.13. The second kappa shape index (κ2) is 8.30. The molecule has 0 fully saturated rings. The molecule has 0 aliphatic rings. The SMILES string of the molecule is O=[PH](O)O.c1ccc(-c2ccccc2-c2ccccc2)cc1. The van der Waals surface area contributed by atoms with Crippen molar-refractivity contribution in [1.29, 1.82) is 0 Å². The summed E-state index contributed by atoms with van der Waals surface area (Å²) in [7, 11) is -3.13. The van der Waals surface area contributed by atoms with Gasteiger partial charge in [-0.3, -0.25) is 4.57 Å². The highest BCUT2D eigenvalue weighted by atomic mass is 31.1. The summed E-state index contributed by atoms with van der Waals surface area (Å²) in [6.07, 6.45) is 0. The minimum Gasteiger partial charge on any atom is -0.326 e. The van der Waals surface area contributed by atoms with E-state index < -0.39 is 8.25 Å². The summed E-state index contributed by atoms with van der Waals surface area (Å²) in [6, 6.07) is 29.6. The molecule has 22 heavy (non-hydrogen) atoms. The molecule has 0 bridgehead atoms. The molecule has 0 amide bonds. The summed E-state index contributed by atoms with van der Waals surface area (Å²) >= 11 is 0. The molecule has 0 spiro atoms. The molecular weight excluding hydrogens is 295 g/mol. The molecule has 0 unspecified atom stereocenters. The van der Waals surface area contributed by atoms with Gasteiger partial charge < -0.3 is 9.79 Å². The Labute approximate surface area is 130 Å². The fourth-order valence-corrected chi connectivity index (χ4v) is 2.22. The molecule has 0 aliphatic heterocycles. The van der Waals surface area contributed by atoms with Gasteiger partial charge in [-0.2, -0.15) is 0 Å². The molecular formula is C18H17O3P. The lowest BCUT2D eigenvalue weighted by atomic mass is 9.95. The largest absolute Gasteiger partial charge is 0.326 e. The van der Waals surface area contributed by atoms with E-state index in [-0.39, 0.29) is 0 Å². The topological polar surface area (TPSA) is 57.5 Å². The average molecular weight is 312 g/mol. The zero-order chi connectivity index (χ0) is 15.8. The van der Waals surface area contributed by atoms with E-state index in [0.29, 0.717) is 0 Å². The van der Waals surface area contributed by atoms with Crippen LogP contribution >= 0.6 is 8.25 Å². The first-order chi connectivity index (χ1) is 10.7. The van der Waals surface area contributed by atoms with Crippen molar-refractivity contribution >= 4 is 8.25 Å². The van der Waals surface area contributed by atoms with Crippen LogP contribution in [0.3, 0.4) is 0 Å². The Morgan fingerprint density at radius 2 is 0.818 bits per heavy atom. The van der Waals surface area contributed by atoms with Crippen molar-refractivity contribution in [3.63, 3.8) is 0 Å².